The van der Waals surface area contributed by atoms with Gasteiger partial charge >= 0.3 is 0 Å². The second-order valence-corrected chi connectivity index (χ2v) is 3.39. The molecule has 15 heavy (non-hydrogen) atoms. The van der Waals surface area contributed by atoms with Gasteiger partial charge in [-0.15, -0.1) is 0 Å². The van der Waals surface area contributed by atoms with Crippen molar-refractivity contribution >= 4 is 11.7 Å². The number of allylic oxidation sites excluding steroid dienone is 1. The standard InChI is InChI=1S/C13H15NO/c1-3-13(11(2)9-14-10-15)12-7-5-4-6-8-12/h4-8H,3,9H2,1-2H3. The third kappa shape index (κ3) is 3.19. The van der Waals surface area contributed by atoms with E-state index in [-0.39, 0.29) is 0 Å². The Kier molecular flexibility index (Phi) is 4.52. The normalized spacial score (nSPS) is 11.6. The molecule has 0 bridgehead atoms. The van der Waals surface area contributed by atoms with Crippen LogP contribution in [0.5, 0.6) is 0 Å². The second-order valence-electron chi connectivity index (χ2n) is 3.39. The van der Waals surface area contributed by atoms with E-state index in [0.29, 0.717) is 6.54 Å². The van der Waals surface area contributed by atoms with Gasteiger partial charge < -0.3 is 0 Å². The van der Waals surface area contributed by atoms with E-state index in [4.69, 9.17) is 0 Å². The van der Waals surface area contributed by atoms with Crippen molar-refractivity contribution in [2.24, 2.45) is 4.99 Å². The number of nitrogens with zero attached hydrogens (tertiary/aromatic N) is 1. The summed E-state index contributed by atoms with van der Waals surface area (Å²) in [6.45, 7) is 4.56. The maximum Gasteiger partial charge on any atom is 0.235 e. The van der Waals surface area contributed by atoms with Crippen LogP contribution in [0.2, 0.25) is 0 Å². The molecule has 0 saturated heterocycles. The van der Waals surface area contributed by atoms with Crippen LogP contribution in [0, 0.1) is 0 Å². The molecule has 2 heteroatoms. The molecule has 0 aliphatic carbocycles. The highest BCUT2D eigenvalue weighted by atomic mass is 16.1. The molecule has 1 rings (SSSR count). The molecule has 0 aromatic heterocycles. The lowest BCUT2D eigenvalue weighted by atomic mass is 9.98. The fourth-order valence-corrected chi connectivity index (χ4v) is 1.64. The zero-order chi connectivity index (χ0) is 11.1. The summed E-state index contributed by atoms with van der Waals surface area (Å²) in [5.74, 6) is 0. The first-order valence-corrected chi connectivity index (χ1v) is 5.07. The molecule has 2 nitrogen and oxygen atoms in total. The first kappa shape index (κ1) is 11.4. The van der Waals surface area contributed by atoms with E-state index in [2.05, 4.69) is 24.0 Å². The quantitative estimate of drug-likeness (QED) is 0.543. The third-order valence-corrected chi connectivity index (χ3v) is 2.37. The van der Waals surface area contributed by atoms with Crippen LogP contribution in [-0.2, 0) is 4.79 Å². The molecule has 0 N–H and O–H groups in total. The van der Waals surface area contributed by atoms with Gasteiger partial charge in [0.2, 0.25) is 6.08 Å². The molecular formula is C13H15NO. The lowest BCUT2D eigenvalue weighted by Crippen LogP contribution is -1.91. The largest absolute Gasteiger partial charge is 0.235 e. The Balaban J connectivity index is 3.01. The van der Waals surface area contributed by atoms with Crippen LogP contribution in [0.4, 0.5) is 0 Å². The van der Waals surface area contributed by atoms with Crippen molar-refractivity contribution in [1.29, 1.82) is 0 Å². The molecule has 0 unspecified atom stereocenters. The van der Waals surface area contributed by atoms with Gasteiger partial charge in [0.1, 0.15) is 0 Å². The first-order chi connectivity index (χ1) is 7.29. The summed E-state index contributed by atoms with van der Waals surface area (Å²) in [7, 11) is 0. The van der Waals surface area contributed by atoms with Gasteiger partial charge in [0.05, 0.1) is 6.54 Å². The van der Waals surface area contributed by atoms with E-state index in [0.717, 1.165) is 12.0 Å². The van der Waals surface area contributed by atoms with Crippen molar-refractivity contribution in [3.8, 4) is 0 Å². The molecule has 0 atom stereocenters. The van der Waals surface area contributed by atoms with Gasteiger partial charge in [0.15, 0.2) is 0 Å². The minimum Gasteiger partial charge on any atom is -0.211 e. The number of hydrogen-bond acceptors (Lipinski definition) is 2. The van der Waals surface area contributed by atoms with E-state index >= 15 is 0 Å². The highest BCUT2D eigenvalue weighted by molar-refractivity contribution is 5.68. The summed E-state index contributed by atoms with van der Waals surface area (Å²) in [5, 5.41) is 0. The Labute approximate surface area is 90.4 Å². The van der Waals surface area contributed by atoms with Crippen molar-refractivity contribution < 1.29 is 4.79 Å². The fourth-order valence-electron chi connectivity index (χ4n) is 1.64. The van der Waals surface area contributed by atoms with Gasteiger partial charge in [-0.2, -0.15) is 0 Å². The molecule has 0 amide bonds. The second kappa shape index (κ2) is 5.94. The zero-order valence-corrected chi connectivity index (χ0v) is 9.16. The third-order valence-electron chi connectivity index (χ3n) is 2.37. The van der Waals surface area contributed by atoms with Crippen molar-refractivity contribution in [2.75, 3.05) is 6.54 Å². The van der Waals surface area contributed by atoms with Crippen molar-refractivity contribution in [1.82, 2.24) is 0 Å². The number of isocyanates is 1. The number of rotatable bonds is 4. The monoisotopic (exact) mass is 201 g/mol. The lowest BCUT2D eigenvalue weighted by molar-refractivity contribution is 0.563. The first-order valence-electron chi connectivity index (χ1n) is 5.07. The maximum atomic E-state index is 10.0. The van der Waals surface area contributed by atoms with E-state index < -0.39 is 0 Å². The van der Waals surface area contributed by atoms with Crippen molar-refractivity contribution in [3.63, 3.8) is 0 Å². The van der Waals surface area contributed by atoms with Crippen LogP contribution in [0.1, 0.15) is 25.8 Å². The molecule has 1 aromatic rings. The number of aliphatic imine (C=N–C) groups is 1. The Bertz CT molecular complexity index is 386. The molecule has 0 spiro atoms. The molecule has 1 aromatic carbocycles. The van der Waals surface area contributed by atoms with E-state index in [9.17, 15) is 4.79 Å². The molecule has 78 valence electrons. The van der Waals surface area contributed by atoms with Gasteiger partial charge in [0.25, 0.3) is 0 Å². The SMILES string of the molecule is CCC(=C(C)CN=C=O)c1ccccc1. The summed E-state index contributed by atoms with van der Waals surface area (Å²) in [6, 6.07) is 10.2. The minimum atomic E-state index is 0.446. The Morgan fingerprint density at radius 2 is 2.00 bits per heavy atom. The molecular weight excluding hydrogens is 186 g/mol. The van der Waals surface area contributed by atoms with Crippen LogP contribution in [0.3, 0.4) is 0 Å². The minimum absolute atomic E-state index is 0.446. The van der Waals surface area contributed by atoms with Crippen LogP contribution >= 0.6 is 0 Å². The summed E-state index contributed by atoms with van der Waals surface area (Å²) in [6.07, 6.45) is 2.52. The Hall–Kier alpha value is -1.66. The number of benzene rings is 1. The van der Waals surface area contributed by atoms with E-state index in [1.807, 2.05) is 25.1 Å². The van der Waals surface area contributed by atoms with Crippen LogP contribution in [-0.4, -0.2) is 12.6 Å². The van der Waals surface area contributed by atoms with Crippen LogP contribution < -0.4 is 0 Å². The van der Waals surface area contributed by atoms with Gasteiger partial charge in [0, 0.05) is 0 Å². The highest BCUT2D eigenvalue weighted by Crippen LogP contribution is 2.21. The van der Waals surface area contributed by atoms with E-state index in [1.54, 1.807) is 6.08 Å². The van der Waals surface area contributed by atoms with Crippen molar-refractivity contribution in [2.45, 2.75) is 20.3 Å². The van der Waals surface area contributed by atoms with E-state index in [1.165, 1.54) is 11.1 Å². The predicted octanol–water partition coefficient (Wildman–Crippen LogP) is 3.21. The highest BCUT2D eigenvalue weighted by Gasteiger charge is 2.02. The molecule has 0 aliphatic rings. The fraction of sp³-hybridized carbons (Fsp3) is 0.308. The topological polar surface area (TPSA) is 29.4 Å². The number of carbonyl (C=O) groups excluding carboxylic acids is 1. The lowest BCUT2D eigenvalue weighted by Gasteiger charge is -2.08. The van der Waals surface area contributed by atoms with Gasteiger partial charge in [-0.1, -0.05) is 37.3 Å². The summed E-state index contributed by atoms with van der Waals surface area (Å²) >= 11 is 0. The Morgan fingerprint density at radius 1 is 1.33 bits per heavy atom. The smallest absolute Gasteiger partial charge is 0.211 e. The summed E-state index contributed by atoms with van der Waals surface area (Å²) in [5.41, 5.74) is 3.60. The molecule has 0 aliphatic heterocycles. The summed E-state index contributed by atoms with van der Waals surface area (Å²) < 4.78 is 0. The molecule has 0 radical (unpaired) electrons. The van der Waals surface area contributed by atoms with Crippen molar-refractivity contribution in [3.05, 3.63) is 41.5 Å². The zero-order valence-electron chi connectivity index (χ0n) is 9.16. The molecule has 0 fully saturated rings. The van der Waals surface area contributed by atoms with Crippen LogP contribution in [0.15, 0.2) is 40.9 Å². The molecule has 0 heterocycles. The average molecular weight is 201 g/mol. The van der Waals surface area contributed by atoms with Crippen LogP contribution in [0.25, 0.3) is 5.57 Å². The van der Waals surface area contributed by atoms with Gasteiger partial charge in [-0.25, -0.2) is 9.79 Å². The van der Waals surface area contributed by atoms with Gasteiger partial charge in [-0.05, 0) is 30.1 Å². The summed E-state index contributed by atoms with van der Waals surface area (Å²) in [4.78, 5) is 13.6. The molecule has 0 saturated carbocycles. The number of hydrogen-bond donors (Lipinski definition) is 0. The maximum absolute atomic E-state index is 10.0. The Morgan fingerprint density at radius 3 is 2.53 bits per heavy atom. The average Bonchev–Trinajstić information content (AvgIpc) is 2.29. The predicted molar refractivity (Wildman–Crippen MR) is 62.3 cm³/mol. The van der Waals surface area contributed by atoms with Gasteiger partial charge in [-0.3, -0.25) is 0 Å².